The van der Waals surface area contributed by atoms with E-state index in [9.17, 15) is 9.59 Å². The topological polar surface area (TPSA) is 60.2 Å². The lowest BCUT2D eigenvalue weighted by atomic mass is 9.73. The number of rotatable bonds is 7. The summed E-state index contributed by atoms with van der Waals surface area (Å²) in [6.45, 7) is 6.10. The van der Waals surface area contributed by atoms with Crippen molar-refractivity contribution in [3.63, 3.8) is 0 Å². The van der Waals surface area contributed by atoms with Crippen LogP contribution in [0.3, 0.4) is 0 Å². The van der Waals surface area contributed by atoms with Gasteiger partial charge in [-0.1, -0.05) is 33.1 Å². The molecule has 0 heterocycles. The Balaban J connectivity index is 2.59. The van der Waals surface area contributed by atoms with E-state index in [1.807, 2.05) is 6.92 Å². The average molecular weight is 267 g/mol. The van der Waals surface area contributed by atoms with Gasteiger partial charge in [-0.2, -0.15) is 0 Å². The van der Waals surface area contributed by atoms with Gasteiger partial charge in [0.15, 0.2) is 0 Å². The Bertz CT molecular complexity index is 314. The fraction of sp³-hybridized carbons (Fsp3) is 0.875. The van der Waals surface area contributed by atoms with Gasteiger partial charge in [0.1, 0.15) is 11.6 Å². The number of hydrogen-bond donors (Lipinski definition) is 1. The van der Waals surface area contributed by atoms with E-state index in [0.29, 0.717) is 24.7 Å². The van der Waals surface area contributed by atoms with Crippen molar-refractivity contribution in [1.29, 1.82) is 0 Å². The van der Waals surface area contributed by atoms with E-state index in [4.69, 9.17) is 5.73 Å². The highest BCUT2D eigenvalue weighted by atomic mass is 16.1. The van der Waals surface area contributed by atoms with Gasteiger partial charge in [0, 0.05) is 24.8 Å². The van der Waals surface area contributed by atoms with Gasteiger partial charge in [0.25, 0.3) is 0 Å². The third kappa shape index (κ3) is 4.41. The molecule has 4 atom stereocenters. The zero-order valence-corrected chi connectivity index (χ0v) is 12.7. The van der Waals surface area contributed by atoms with Crippen LogP contribution < -0.4 is 5.73 Å². The average Bonchev–Trinajstić information content (AvgIpc) is 2.38. The van der Waals surface area contributed by atoms with Crippen LogP contribution in [0.1, 0.15) is 59.3 Å². The van der Waals surface area contributed by atoms with Crippen molar-refractivity contribution in [2.24, 2.45) is 29.4 Å². The number of carbonyl (C=O) groups is 2. The van der Waals surface area contributed by atoms with E-state index in [1.165, 1.54) is 19.3 Å². The predicted molar refractivity (Wildman–Crippen MR) is 77.8 cm³/mol. The molecule has 1 saturated carbocycles. The van der Waals surface area contributed by atoms with Crippen molar-refractivity contribution in [2.75, 3.05) is 6.54 Å². The number of Topliss-reactive ketones (excluding diaryl/α,β-unsaturated/α-hetero) is 2. The Morgan fingerprint density at radius 3 is 2.42 bits per heavy atom. The molecule has 0 aromatic heterocycles. The fourth-order valence-corrected chi connectivity index (χ4v) is 3.53. The van der Waals surface area contributed by atoms with Crippen molar-refractivity contribution in [1.82, 2.24) is 0 Å². The summed E-state index contributed by atoms with van der Waals surface area (Å²) in [4.78, 5) is 24.0. The van der Waals surface area contributed by atoms with Crippen LogP contribution in [-0.4, -0.2) is 18.1 Å². The minimum absolute atomic E-state index is 0.0782. The van der Waals surface area contributed by atoms with Crippen LogP contribution >= 0.6 is 0 Å². The summed E-state index contributed by atoms with van der Waals surface area (Å²) in [5.74, 6) is 1.17. The first-order valence-corrected chi connectivity index (χ1v) is 7.74. The van der Waals surface area contributed by atoms with Crippen LogP contribution in [0.15, 0.2) is 0 Å². The van der Waals surface area contributed by atoms with Crippen LogP contribution in [0.5, 0.6) is 0 Å². The fourth-order valence-electron chi connectivity index (χ4n) is 3.53. The molecule has 0 aromatic rings. The molecule has 110 valence electrons. The Hall–Kier alpha value is -0.700. The maximum atomic E-state index is 12.5. The summed E-state index contributed by atoms with van der Waals surface area (Å²) in [5.41, 5.74) is 5.65. The highest BCUT2D eigenvalue weighted by Gasteiger charge is 2.32. The lowest BCUT2D eigenvalue weighted by Crippen LogP contribution is -2.33. The van der Waals surface area contributed by atoms with Gasteiger partial charge < -0.3 is 5.73 Å². The number of carbonyl (C=O) groups excluding carboxylic acids is 2. The van der Waals surface area contributed by atoms with Gasteiger partial charge in [-0.05, 0) is 31.6 Å². The van der Waals surface area contributed by atoms with Crippen molar-refractivity contribution in [2.45, 2.75) is 59.3 Å². The number of ketones is 2. The monoisotopic (exact) mass is 267 g/mol. The van der Waals surface area contributed by atoms with Gasteiger partial charge >= 0.3 is 0 Å². The van der Waals surface area contributed by atoms with Gasteiger partial charge in [0.2, 0.25) is 0 Å². The third-order valence-corrected chi connectivity index (χ3v) is 4.83. The van der Waals surface area contributed by atoms with Crippen molar-refractivity contribution < 1.29 is 9.59 Å². The van der Waals surface area contributed by atoms with E-state index in [1.54, 1.807) is 6.92 Å². The molecule has 0 radical (unpaired) electrons. The van der Waals surface area contributed by atoms with E-state index in [0.717, 1.165) is 12.8 Å². The van der Waals surface area contributed by atoms with E-state index >= 15 is 0 Å². The van der Waals surface area contributed by atoms with Crippen LogP contribution in [0, 0.1) is 23.7 Å². The van der Waals surface area contributed by atoms with Crippen molar-refractivity contribution >= 4 is 11.6 Å². The molecular formula is C16H29NO2. The van der Waals surface area contributed by atoms with Gasteiger partial charge in [0.05, 0.1) is 0 Å². The quantitative estimate of drug-likeness (QED) is 0.771. The molecule has 0 bridgehead atoms. The Morgan fingerprint density at radius 1 is 1.26 bits per heavy atom. The summed E-state index contributed by atoms with van der Waals surface area (Å²) in [5, 5.41) is 0. The van der Waals surface area contributed by atoms with Crippen LogP contribution in [-0.2, 0) is 9.59 Å². The number of hydrogen-bond acceptors (Lipinski definition) is 3. The number of nitrogens with two attached hydrogens (primary N) is 1. The maximum Gasteiger partial charge on any atom is 0.136 e. The smallest absolute Gasteiger partial charge is 0.136 e. The Morgan fingerprint density at radius 2 is 1.89 bits per heavy atom. The molecule has 3 heteroatoms. The van der Waals surface area contributed by atoms with Gasteiger partial charge in [-0.15, -0.1) is 0 Å². The molecule has 1 rings (SSSR count). The normalized spacial score (nSPS) is 26.7. The Labute approximate surface area is 117 Å². The minimum Gasteiger partial charge on any atom is -0.330 e. The maximum absolute atomic E-state index is 12.5. The molecule has 2 N–H and O–H groups in total. The molecule has 19 heavy (non-hydrogen) atoms. The summed E-state index contributed by atoms with van der Waals surface area (Å²) in [6, 6.07) is 0. The van der Waals surface area contributed by atoms with Crippen molar-refractivity contribution in [3.8, 4) is 0 Å². The van der Waals surface area contributed by atoms with E-state index in [2.05, 4.69) is 6.92 Å². The molecule has 1 aliphatic carbocycles. The zero-order valence-electron chi connectivity index (χ0n) is 12.7. The predicted octanol–water partition coefficient (Wildman–Crippen LogP) is 2.96. The molecule has 0 aliphatic heterocycles. The molecule has 1 aliphatic rings. The highest BCUT2D eigenvalue weighted by Crippen LogP contribution is 2.34. The van der Waals surface area contributed by atoms with Crippen LogP contribution in [0.4, 0.5) is 0 Å². The lowest BCUT2D eigenvalue weighted by Gasteiger charge is -2.31. The molecule has 0 saturated heterocycles. The molecule has 1 unspecified atom stereocenters. The molecule has 0 aromatic carbocycles. The SMILES string of the molecule is CC[C@@H]1CCCCC1C(=O)C[C@@H](C)[C@H](CN)C(C)=O. The summed E-state index contributed by atoms with van der Waals surface area (Å²) >= 11 is 0. The zero-order chi connectivity index (χ0) is 14.4. The first kappa shape index (κ1) is 16.4. The van der Waals surface area contributed by atoms with Crippen LogP contribution in [0.25, 0.3) is 0 Å². The molecule has 0 amide bonds. The third-order valence-electron chi connectivity index (χ3n) is 4.83. The molecular weight excluding hydrogens is 238 g/mol. The second-order valence-corrected chi connectivity index (χ2v) is 6.16. The highest BCUT2D eigenvalue weighted by molar-refractivity contribution is 5.83. The van der Waals surface area contributed by atoms with Gasteiger partial charge in [-0.3, -0.25) is 9.59 Å². The second kappa shape index (κ2) is 7.78. The molecule has 0 spiro atoms. The molecule has 3 nitrogen and oxygen atoms in total. The lowest BCUT2D eigenvalue weighted by molar-refractivity contribution is -0.128. The largest absolute Gasteiger partial charge is 0.330 e. The van der Waals surface area contributed by atoms with E-state index in [-0.39, 0.29) is 23.5 Å². The summed E-state index contributed by atoms with van der Waals surface area (Å²) in [7, 11) is 0. The minimum atomic E-state index is -0.160. The molecule has 1 fully saturated rings. The standard InChI is InChI=1S/C16H29NO2/c1-4-13-7-5-6-8-14(13)16(19)9-11(2)15(10-17)12(3)18/h11,13-15H,4-10,17H2,1-3H3/t11-,13-,14?,15+/m1/s1. The van der Waals surface area contributed by atoms with Crippen LogP contribution in [0.2, 0.25) is 0 Å². The first-order valence-electron chi connectivity index (χ1n) is 7.74. The summed E-state index contributed by atoms with van der Waals surface area (Å²) in [6.07, 6.45) is 6.27. The van der Waals surface area contributed by atoms with E-state index < -0.39 is 0 Å². The first-order chi connectivity index (χ1) is 9.01. The summed E-state index contributed by atoms with van der Waals surface area (Å²) < 4.78 is 0. The van der Waals surface area contributed by atoms with Crippen molar-refractivity contribution in [3.05, 3.63) is 0 Å². The Kier molecular flexibility index (Phi) is 6.70. The second-order valence-electron chi connectivity index (χ2n) is 6.16. The van der Waals surface area contributed by atoms with Gasteiger partial charge in [-0.25, -0.2) is 0 Å².